The summed E-state index contributed by atoms with van der Waals surface area (Å²) in [6.45, 7) is 1.85. The standard InChI is InChI=1S/C18H25ClN2O4/c1-20(13-18(23)24)14-8-10-21(11-9-14)17(22)7-4-12-25-16-6-3-2-5-15(16)19/h2-3,5-6,14H,4,7-13H2,1H3,(H,23,24). The molecule has 0 atom stereocenters. The lowest BCUT2D eigenvalue weighted by Gasteiger charge is -2.36. The molecule has 0 radical (unpaired) electrons. The van der Waals surface area contributed by atoms with Crippen molar-refractivity contribution in [2.45, 2.75) is 31.7 Å². The zero-order valence-corrected chi connectivity index (χ0v) is 15.2. The van der Waals surface area contributed by atoms with Crippen LogP contribution in [0.2, 0.25) is 5.02 Å². The van der Waals surface area contributed by atoms with Crippen LogP contribution < -0.4 is 4.74 Å². The second-order valence-corrected chi connectivity index (χ2v) is 6.71. The number of benzene rings is 1. The molecule has 0 spiro atoms. The van der Waals surface area contributed by atoms with Crippen LogP contribution in [-0.2, 0) is 9.59 Å². The van der Waals surface area contributed by atoms with Gasteiger partial charge >= 0.3 is 5.97 Å². The minimum atomic E-state index is -0.820. The molecule has 0 bridgehead atoms. The van der Waals surface area contributed by atoms with Crippen molar-refractivity contribution in [1.29, 1.82) is 0 Å². The molecule has 1 heterocycles. The van der Waals surface area contributed by atoms with Gasteiger partial charge in [-0.2, -0.15) is 0 Å². The van der Waals surface area contributed by atoms with Crippen LogP contribution in [0.3, 0.4) is 0 Å². The maximum Gasteiger partial charge on any atom is 0.317 e. The van der Waals surface area contributed by atoms with Crippen molar-refractivity contribution in [3.8, 4) is 5.75 Å². The molecule has 2 rings (SSSR count). The van der Waals surface area contributed by atoms with Crippen LogP contribution in [0.5, 0.6) is 5.75 Å². The number of halogens is 1. The smallest absolute Gasteiger partial charge is 0.317 e. The average Bonchev–Trinajstić information content (AvgIpc) is 2.59. The predicted molar refractivity (Wildman–Crippen MR) is 96.0 cm³/mol. The van der Waals surface area contributed by atoms with Crippen molar-refractivity contribution in [2.75, 3.05) is 33.3 Å². The Kier molecular flexibility index (Phi) is 7.52. The highest BCUT2D eigenvalue weighted by atomic mass is 35.5. The van der Waals surface area contributed by atoms with E-state index in [0.717, 1.165) is 12.8 Å². The number of carbonyl (C=O) groups is 2. The summed E-state index contributed by atoms with van der Waals surface area (Å²) >= 11 is 6.02. The quantitative estimate of drug-likeness (QED) is 0.714. The molecule has 0 saturated carbocycles. The lowest BCUT2D eigenvalue weighted by atomic mass is 10.0. The fourth-order valence-electron chi connectivity index (χ4n) is 3.02. The van der Waals surface area contributed by atoms with Crippen molar-refractivity contribution in [3.63, 3.8) is 0 Å². The van der Waals surface area contributed by atoms with Gasteiger partial charge in [0, 0.05) is 25.6 Å². The third kappa shape index (κ3) is 6.21. The molecule has 0 aliphatic carbocycles. The molecule has 6 nitrogen and oxygen atoms in total. The lowest BCUT2D eigenvalue weighted by Crippen LogP contribution is -2.46. The molecule has 25 heavy (non-hydrogen) atoms. The second kappa shape index (κ2) is 9.63. The van der Waals surface area contributed by atoms with Crippen molar-refractivity contribution in [3.05, 3.63) is 29.3 Å². The summed E-state index contributed by atoms with van der Waals surface area (Å²) in [7, 11) is 1.82. The van der Waals surface area contributed by atoms with E-state index in [0.29, 0.717) is 43.3 Å². The summed E-state index contributed by atoms with van der Waals surface area (Å²) in [5.74, 6) is -0.0551. The number of hydrogen-bond donors (Lipinski definition) is 1. The van der Waals surface area contributed by atoms with E-state index in [1.807, 2.05) is 35.0 Å². The van der Waals surface area contributed by atoms with Gasteiger partial charge in [0.2, 0.25) is 5.91 Å². The molecule has 138 valence electrons. The summed E-state index contributed by atoms with van der Waals surface area (Å²) in [6.07, 6.45) is 2.71. The Labute approximate surface area is 153 Å². The minimum absolute atomic E-state index is 0.0397. The Morgan fingerprint density at radius 2 is 2.00 bits per heavy atom. The van der Waals surface area contributed by atoms with E-state index in [1.54, 1.807) is 6.07 Å². The van der Waals surface area contributed by atoms with Crippen LogP contribution in [0.4, 0.5) is 0 Å². The van der Waals surface area contributed by atoms with Gasteiger partial charge < -0.3 is 14.7 Å². The van der Waals surface area contributed by atoms with Crippen molar-refractivity contribution < 1.29 is 19.4 Å². The first-order valence-corrected chi connectivity index (χ1v) is 8.92. The van der Waals surface area contributed by atoms with Crippen molar-refractivity contribution in [2.24, 2.45) is 0 Å². The number of carbonyl (C=O) groups excluding carboxylic acids is 1. The highest BCUT2D eigenvalue weighted by molar-refractivity contribution is 6.32. The number of likely N-dealkylation sites (tertiary alicyclic amines) is 1. The van der Waals surface area contributed by atoms with Crippen molar-refractivity contribution >= 4 is 23.5 Å². The SMILES string of the molecule is CN(CC(=O)O)C1CCN(C(=O)CCCOc2ccccc2Cl)CC1. The highest BCUT2D eigenvalue weighted by Gasteiger charge is 2.25. The molecule has 1 fully saturated rings. The molecule has 0 unspecified atom stereocenters. The number of hydrogen-bond acceptors (Lipinski definition) is 4. The Morgan fingerprint density at radius 3 is 2.64 bits per heavy atom. The number of nitrogens with zero attached hydrogens (tertiary/aromatic N) is 2. The van der Waals surface area contributed by atoms with Crippen LogP contribution in [0.25, 0.3) is 0 Å². The molecule has 1 aliphatic heterocycles. The van der Waals surface area contributed by atoms with E-state index in [9.17, 15) is 9.59 Å². The van der Waals surface area contributed by atoms with E-state index in [4.69, 9.17) is 21.4 Å². The van der Waals surface area contributed by atoms with E-state index in [1.165, 1.54) is 0 Å². The lowest BCUT2D eigenvalue weighted by molar-refractivity contribution is -0.139. The van der Waals surface area contributed by atoms with Crippen molar-refractivity contribution in [1.82, 2.24) is 9.80 Å². The number of ether oxygens (including phenoxy) is 1. The van der Waals surface area contributed by atoms with Gasteiger partial charge in [-0.3, -0.25) is 14.5 Å². The Balaban J connectivity index is 1.65. The number of piperidine rings is 1. The first kappa shape index (κ1) is 19.5. The number of amides is 1. The molecule has 1 aromatic rings. The van der Waals surface area contributed by atoms with Gasteiger partial charge in [-0.15, -0.1) is 0 Å². The molecular formula is C18H25ClN2O4. The zero-order valence-electron chi connectivity index (χ0n) is 14.5. The van der Waals surface area contributed by atoms with E-state index in [-0.39, 0.29) is 18.5 Å². The average molecular weight is 369 g/mol. The Hall–Kier alpha value is -1.79. The van der Waals surface area contributed by atoms with Crippen LogP contribution in [0.1, 0.15) is 25.7 Å². The zero-order chi connectivity index (χ0) is 18.2. The summed E-state index contributed by atoms with van der Waals surface area (Å²) < 4.78 is 5.60. The first-order valence-electron chi connectivity index (χ1n) is 8.54. The molecule has 1 N–H and O–H groups in total. The van der Waals surface area contributed by atoms with Crippen LogP contribution >= 0.6 is 11.6 Å². The summed E-state index contributed by atoms with van der Waals surface area (Å²) in [4.78, 5) is 26.7. The first-order chi connectivity index (χ1) is 12.0. The van der Waals surface area contributed by atoms with E-state index >= 15 is 0 Å². The van der Waals surface area contributed by atoms with Gasteiger partial charge in [0.1, 0.15) is 5.75 Å². The third-order valence-corrected chi connectivity index (χ3v) is 4.77. The van der Waals surface area contributed by atoms with Gasteiger partial charge in [-0.05, 0) is 38.4 Å². The van der Waals surface area contributed by atoms with Crippen LogP contribution in [0, 0.1) is 0 Å². The van der Waals surface area contributed by atoms with Gasteiger partial charge in [-0.1, -0.05) is 23.7 Å². The third-order valence-electron chi connectivity index (χ3n) is 4.45. The summed E-state index contributed by atoms with van der Waals surface area (Å²) in [5, 5.41) is 9.42. The van der Waals surface area contributed by atoms with E-state index in [2.05, 4.69) is 0 Å². The van der Waals surface area contributed by atoms with E-state index < -0.39 is 5.97 Å². The highest BCUT2D eigenvalue weighted by Crippen LogP contribution is 2.23. The van der Waals surface area contributed by atoms with Gasteiger partial charge in [0.25, 0.3) is 0 Å². The fourth-order valence-corrected chi connectivity index (χ4v) is 3.21. The minimum Gasteiger partial charge on any atom is -0.492 e. The number of likely N-dealkylation sites (N-methyl/N-ethyl adjacent to an activating group) is 1. The van der Waals surface area contributed by atoms with Gasteiger partial charge in [0.05, 0.1) is 18.2 Å². The second-order valence-electron chi connectivity index (χ2n) is 6.30. The number of rotatable bonds is 8. The topological polar surface area (TPSA) is 70.1 Å². The molecule has 0 aromatic heterocycles. The molecular weight excluding hydrogens is 344 g/mol. The van der Waals surface area contributed by atoms with Gasteiger partial charge in [-0.25, -0.2) is 0 Å². The monoisotopic (exact) mass is 368 g/mol. The fraction of sp³-hybridized carbons (Fsp3) is 0.556. The molecule has 1 amide bonds. The van der Waals surface area contributed by atoms with Crippen LogP contribution in [-0.4, -0.2) is 66.1 Å². The Bertz CT molecular complexity index is 588. The number of aliphatic carboxylic acids is 1. The Morgan fingerprint density at radius 1 is 1.32 bits per heavy atom. The molecule has 1 saturated heterocycles. The van der Waals surface area contributed by atoms with Gasteiger partial charge in [0.15, 0.2) is 0 Å². The summed E-state index contributed by atoms with van der Waals surface area (Å²) in [5.41, 5.74) is 0. The molecule has 1 aliphatic rings. The maximum absolute atomic E-state index is 12.3. The number of carboxylic acids is 1. The molecule has 1 aromatic carbocycles. The normalized spacial score (nSPS) is 15.4. The van der Waals surface area contributed by atoms with Crippen LogP contribution in [0.15, 0.2) is 24.3 Å². The number of para-hydroxylation sites is 1. The largest absolute Gasteiger partial charge is 0.492 e. The number of carboxylic acid groups (broad SMARTS) is 1. The predicted octanol–water partition coefficient (Wildman–Crippen LogP) is 2.51. The maximum atomic E-state index is 12.3. The molecule has 7 heteroatoms. The summed E-state index contributed by atoms with van der Waals surface area (Å²) in [6, 6.07) is 7.51.